The average molecular weight is 791 g/mol. The minimum Gasteiger partial charge on any atom is -0.310 e. The Bertz CT molecular complexity index is 3580. The zero-order valence-corrected chi connectivity index (χ0v) is 34.2. The zero-order valence-electron chi connectivity index (χ0n) is 34.2. The lowest BCUT2D eigenvalue weighted by Crippen LogP contribution is -2.10. The summed E-state index contributed by atoms with van der Waals surface area (Å²) in [5, 5.41) is 10.1. The number of benzene rings is 10. The Morgan fingerprint density at radius 1 is 0.371 bits per heavy atom. The van der Waals surface area contributed by atoms with Gasteiger partial charge in [0.15, 0.2) is 0 Å². The van der Waals surface area contributed by atoms with Crippen molar-refractivity contribution >= 4 is 76.9 Å². The normalized spacial score (nSPS) is 12.7. The van der Waals surface area contributed by atoms with Crippen LogP contribution in [0.15, 0.2) is 231 Å². The molecular weight excluding hydrogens is 749 g/mol. The van der Waals surface area contributed by atoms with Crippen molar-refractivity contribution in [2.24, 2.45) is 0 Å². The second-order valence-corrected chi connectivity index (χ2v) is 16.4. The van der Waals surface area contributed by atoms with E-state index in [-0.39, 0.29) is 0 Å². The molecule has 0 saturated carbocycles. The number of fused-ring (bicyclic) bond motifs is 7. The van der Waals surface area contributed by atoms with Crippen LogP contribution in [0.4, 0.5) is 17.1 Å². The first-order valence-corrected chi connectivity index (χ1v) is 21.7. The molecule has 0 fully saturated rings. The predicted octanol–water partition coefficient (Wildman–Crippen LogP) is 16.9. The van der Waals surface area contributed by atoms with Crippen LogP contribution in [0.5, 0.6) is 0 Å². The van der Waals surface area contributed by atoms with Crippen molar-refractivity contribution in [1.29, 1.82) is 0 Å². The summed E-state index contributed by atoms with van der Waals surface area (Å²) in [5.41, 5.74) is 14.3. The number of nitrogens with zero attached hydrogens (tertiary/aromatic N) is 2. The Morgan fingerprint density at radius 3 is 1.85 bits per heavy atom. The Kier molecular flexibility index (Phi) is 8.67. The van der Waals surface area contributed by atoms with Crippen molar-refractivity contribution in [3.63, 3.8) is 0 Å². The largest absolute Gasteiger partial charge is 0.310 e. The molecule has 0 spiro atoms. The summed E-state index contributed by atoms with van der Waals surface area (Å²) in [5.74, 6) is 0. The highest BCUT2D eigenvalue weighted by atomic mass is 15.1. The molecule has 0 unspecified atom stereocenters. The highest BCUT2D eigenvalue weighted by molar-refractivity contribution is 6.17. The average Bonchev–Trinajstić information content (AvgIpc) is 3.69. The van der Waals surface area contributed by atoms with Crippen LogP contribution in [0.2, 0.25) is 0 Å². The van der Waals surface area contributed by atoms with Crippen LogP contribution in [0.1, 0.15) is 12.8 Å². The van der Waals surface area contributed by atoms with Crippen molar-refractivity contribution in [3.8, 4) is 33.4 Å². The van der Waals surface area contributed by atoms with Gasteiger partial charge in [-0.1, -0.05) is 170 Å². The van der Waals surface area contributed by atoms with Gasteiger partial charge in [-0.3, -0.25) is 0 Å². The first-order chi connectivity index (χ1) is 30.8. The number of aromatic nitrogens is 1. The van der Waals surface area contributed by atoms with Gasteiger partial charge in [-0.2, -0.15) is 0 Å². The van der Waals surface area contributed by atoms with Gasteiger partial charge < -0.3 is 9.47 Å². The van der Waals surface area contributed by atoms with Crippen LogP contribution >= 0.6 is 0 Å². The fourth-order valence-electron chi connectivity index (χ4n) is 9.91. The van der Waals surface area contributed by atoms with Crippen LogP contribution in [0.3, 0.4) is 0 Å². The van der Waals surface area contributed by atoms with Gasteiger partial charge in [0.2, 0.25) is 0 Å². The minimum absolute atomic E-state index is 1.06. The van der Waals surface area contributed by atoms with Gasteiger partial charge in [0.05, 0.1) is 16.7 Å². The summed E-state index contributed by atoms with van der Waals surface area (Å²) in [6, 6.07) is 78.0. The molecular formula is C60H42N2. The van der Waals surface area contributed by atoms with Gasteiger partial charge >= 0.3 is 0 Å². The maximum atomic E-state index is 2.44. The molecule has 1 aromatic heterocycles. The maximum absolute atomic E-state index is 2.44. The monoisotopic (exact) mass is 790 g/mol. The molecule has 62 heavy (non-hydrogen) atoms. The summed E-state index contributed by atoms with van der Waals surface area (Å²) >= 11 is 0. The third-order valence-corrected chi connectivity index (χ3v) is 12.8. The lowest BCUT2D eigenvalue weighted by Gasteiger charge is -2.27. The molecule has 0 saturated heterocycles. The second kappa shape index (κ2) is 15.0. The Labute approximate surface area is 361 Å². The van der Waals surface area contributed by atoms with E-state index < -0.39 is 0 Å². The molecule has 2 nitrogen and oxygen atoms in total. The molecule has 0 bridgehead atoms. The summed E-state index contributed by atoms with van der Waals surface area (Å²) in [7, 11) is 0. The lowest BCUT2D eigenvalue weighted by molar-refractivity contribution is 1.02. The number of hydrogen-bond acceptors (Lipinski definition) is 1. The Hall–Kier alpha value is -7.94. The van der Waals surface area contributed by atoms with Gasteiger partial charge in [-0.15, -0.1) is 0 Å². The first kappa shape index (κ1) is 36.0. The van der Waals surface area contributed by atoms with Gasteiger partial charge in [-0.25, -0.2) is 0 Å². The van der Waals surface area contributed by atoms with Gasteiger partial charge in [-0.05, 0) is 134 Å². The standard InChI is InChI=1S/C60H42N2/c1-2-22-47(23-3-1)62-58-31-11-10-29-55(58)60-52(30-15-33-59(60)62)45-21-12-19-43(38-45)44-20-13-24-49(39-44)61(57-32-14-18-41-16-4-7-26-51(41)57)48-36-34-42(35-37-48)56-40-46-17-5-6-25-50(46)53-27-8-9-28-54(53)56/h2,4-40H,1,3H2. The Morgan fingerprint density at radius 2 is 1.02 bits per heavy atom. The molecule has 0 radical (unpaired) electrons. The number of rotatable bonds is 7. The van der Waals surface area contributed by atoms with Crippen molar-refractivity contribution in [3.05, 3.63) is 231 Å². The van der Waals surface area contributed by atoms with Crippen LogP contribution in [-0.4, -0.2) is 4.57 Å². The van der Waals surface area contributed by atoms with Gasteiger partial charge in [0.1, 0.15) is 0 Å². The maximum Gasteiger partial charge on any atom is 0.0547 e. The number of para-hydroxylation sites is 1. The van der Waals surface area contributed by atoms with E-state index >= 15 is 0 Å². The number of allylic oxidation sites excluding steroid dienone is 4. The van der Waals surface area contributed by atoms with E-state index in [0.717, 1.165) is 29.9 Å². The van der Waals surface area contributed by atoms with Crippen molar-refractivity contribution in [1.82, 2.24) is 4.57 Å². The molecule has 11 aromatic rings. The quantitative estimate of drug-likeness (QED) is 0.146. The molecule has 0 amide bonds. The van der Waals surface area contributed by atoms with E-state index in [0.29, 0.717) is 0 Å². The summed E-state index contributed by atoms with van der Waals surface area (Å²) in [6.45, 7) is 0. The summed E-state index contributed by atoms with van der Waals surface area (Å²) in [6.07, 6.45) is 9.09. The third-order valence-electron chi connectivity index (χ3n) is 12.8. The fraction of sp³-hybridized carbons (Fsp3) is 0.0333. The summed E-state index contributed by atoms with van der Waals surface area (Å²) < 4.78 is 2.44. The SMILES string of the molecule is C1=CC(n2c3ccccc3c3c(-c4cccc(-c5cccc(N(c6ccc(-c7cc8ccccc8c8ccccc78)cc6)c6cccc7ccccc67)c5)c4)cccc32)=CCC1. The molecule has 292 valence electrons. The minimum atomic E-state index is 1.06. The number of anilines is 3. The second-order valence-electron chi connectivity index (χ2n) is 16.4. The Balaban J connectivity index is 0.978. The highest BCUT2D eigenvalue weighted by Crippen LogP contribution is 2.44. The van der Waals surface area contributed by atoms with Gasteiger partial charge in [0, 0.05) is 33.2 Å². The van der Waals surface area contributed by atoms with Crippen LogP contribution in [0, 0.1) is 0 Å². The zero-order chi connectivity index (χ0) is 41.0. The molecule has 0 atom stereocenters. The lowest BCUT2D eigenvalue weighted by atomic mass is 9.93. The third kappa shape index (κ3) is 6.03. The molecule has 2 heteroatoms. The van der Waals surface area contributed by atoms with E-state index in [1.165, 1.54) is 93.2 Å². The van der Waals surface area contributed by atoms with Crippen molar-refractivity contribution in [2.45, 2.75) is 12.8 Å². The van der Waals surface area contributed by atoms with E-state index in [9.17, 15) is 0 Å². The predicted molar refractivity (Wildman–Crippen MR) is 266 cm³/mol. The van der Waals surface area contributed by atoms with Gasteiger partial charge in [0.25, 0.3) is 0 Å². The van der Waals surface area contributed by atoms with E-state index in [1.807, 2.05) is 0 Å². The van der Waals surface area contributed by atoms with Crippen LogP contribution in [0.25, 0.3) is 93.2 Å². The summed E-state index contributed by atoms with van der Waals surface area (Å²) in [4.78, 5) is 2.42. The smallest absolute Gasteiger partial charge is 0.0547 e. The van der Waals surface area contributed by atoms with Crippen molar-refractivity contribution < 1.29 is 0 Å². The van der Waals surface area contributed by atoms with Crippen LogP contribution in [-0.2, 0) is 0 Å². The van der Waals surface area contributed by atoms with Crippen LogP contribution < -0.4 is 4.90 Å². The van der Waals surface area contributed by atoms with E-state index in [4.69, 9.17) is 0 Å². The number of hydrogen-bond donors (Lipinski definition) is 0. The molecule has 1 heterocycles. The molecule has 1 aliphatic rings. The fourth-order valence-corrected chi connectivity index (χ4v) is 9.91. The molecule has 10 aromatic carbocycles. The highest BCUT2D eigenvalue weighted by Gasteiger charge is 2.19. The molecule has 0 aliphatic heterocycles. The first-order valence-electron chi connectivity index (χ1n) is 21.7. The molecule has 0 N–H and O–H groups in total. The topological polar surface area (TPSA) is 8.17 Å². The van der Waals surface area contributed by atoms with E-state index in [1.54, 1.807) is 0 Å². The molecule has 1 aliphatic carbocycles. The van der Waals surface area contributed by atoms with E-state index in [2.05, 4.69) is 240 Å². The van der Waals surface area contributed by atoms with Crippen molar-refractivity contribution in [2.75, 3.05) is 4.90 Å². The molecule has 12 rings (SSSR count).